The molecule has 0 atom stereocenters. The molecule has 1 heteroatoms. The van der Waals surface area contributed by atoms with Gasteiger partial charge in [0.1, 0.15) is 0 Å². The van der Waals surface area contributed by atoms with Crippen molar-refractivity contribution >= 4 is 0 Å². The van der Waals surface area contributed by atoms with Gasteiger partial charge in [0.05, 0.1) is 0 Å². The third-order valence-electron chi connectivity index (χ3n) is 1.10. The Balaban J connectivity index is 0. The molecule has 1 aliphatic rings. The van der Waals surface area contributed by atoms with Crippen molar-refractivity contribution in [2.45, 2.75) is 19.8 Å². The summed E-state index contributed by atoms with van der Waals surface area (Å²) < 4.78 is 0. The number of allylic oxidation sites excluding steroid dienone is 2. The van der Waals surface area contributed by atoms with Crippen molar-refractivity contribution in [2.75, 3.05) is 0 Å². The van der Waals surface area contributed by atoms with Crippen LogP contribution in [-0.2, 0) is 17.1 Å². The number of hydrogen-bond donors (Lipinski definition) is 0. The van der Waals surface area contributed by atoms with E-state index in [2.05, 4.69) is 19.1 Å². The van der Waals surface area contributed by atoms with E-state index in [1.807, 2.05) is 0 Å². The van der Waals surface area contributed by atoms with Crippen molar-refractivity contribution in [1.29, 1.82) is 0 Å². The minimum atomic E-state index is 0. The van der Waals surface area contributed by atoms with Crippen LogP contribution >= 0.6 is 0 Å². The summed E-state index contributed by atoms with van der Waals surface area (Å²) in [6.45, 7) is 2.19. The molecule has 0 saturated carbocycles. The van der Waals surface area contributed by atoms with Gasteiger partial charge in [-0.05, 0) is 0 Å². The molecule has 8 heavy (non-hydrogen) atoms. The molecular weight excluding hydrogens is 140 g/mol. The summed E-state index contributed by atoms with van der Waals surface area (Å²) in [6, 6.07) is 0. The van der Waals surface area contributed by atoms with E-state index >= 15 is 0 Å². The van der Waals surface area contributed by atoms with Crippen LogP contribution in [0, 0.1) is 13.3 Å². The molecule has 0 amide bonds. The molecule has 1 aliphatic carbocycles. The third kappa shape index (κ3) is 3.29. The van der Waals surface area contributed by atoms with Crippen LogP contribution in [0.15, 0.2) is 12.2 Å². The van der Waals surface area contributed by atoms with Gasteiger partial charge in [-0.15, -0.1) is 12.2 Å². The molecule has 48 valence electrons. The van der Waals surface area contributed by atoms with E-state index < -0.39 is 0 Å². The van der Waals surface area contributed by atoms with Crippen molar-refractivity contribution in [3.63, 3.8) is 0 Å². The number of hydrogen-bond acceptors (Lipinski definition) is 0. The first-order valence-electron chi connectivity index (χ1n) is 2.36. The zero-order valence-corrected chi connectivity index (χ0v) is 6.53. The van der Waals surface area contributed by atoms with Gasteiger partial charge in [-0.3, -0.25) is 0 Å². The molecule has 0 aromatic rings. The summed E-state index contributed by atoms with van der Waals surface area (Å²) in [5, 5.41) is 0. The molecule has 0 N–H and O–H groups in total. The van der Waals surface area contributed by atoms with Crippen LogP contribution < -0.4 is 0 Å². The summed E-state index contributed by atoms with van der Waals surface area (Å²) in [7, 11) is 0. The molecule has 0 aromatic carbocycles. The minimum Gasteiger partial charge on any atom is -0.358 e. The van der Waals surface area contributed by atoms with Crippen LogP contribution in [0.3, 0.4) is 0 Å². The summed E-state index contributed by atoms with van der Waals surface area (Å²) in [6.07, 6.45) is 6.88. The zero-order valence-electron chi connectivity index (χ0n) is 5.42. The Labute approximate surface area is 62.8 Å². The van der Waals surface area contributed by atoms with E-state index in [0.29, 0.717) is 0 Å². The molecule has 0 saturated heterocycles. The van der Waals surface area contributed by atoms with Gasteiger partial charge in [0, 0.05) is 0 Å². The van der Waals surface area contributed by atoms with Crippen molar-refractivity contribution in [3.05, 3.63) is 25.5 Å². The van der Waals surface area contributed by atoms with Crippen molar-refractivity contribution in [3.8, 4) is 0 Å². The normalized spacial score (nSPS) is 17.1. The van der Waals surface area contributed by atoms with E-state index in [9.17, 15) is 0 Å². The van der Waals surface area contributed by atoms with Gasteiger partial charge in [0.25, 0.3) is 0 Å². The van der Waals surface area contributed by atoms with Crippen molar-refractivity contribution in [2.24, 2.45) is 0 Å². The first kappa shape index (κ1) is 11.1. The van der Waals surface area contributed by atoms with Crippen LogP contribution in [0.2, 0.25) is 0 Å². The van der Waals surface area contributed by atoms with Crippen LogP contribution in [0.1, 0.15) is 19.8 Å². The standard InChI is InChI=1S/C6H9.CH3.Fe/c1-6-4-2-3-5-6;;/h2-3H,4-5H2,1H3;1H3;/q2*-1;+2. The van der Waals surface area contributed by atoms with E-state index in [-0.39, 0.29) is 24.5 Å². The molecule has 0 heterocycles. The smallest absolute Gasteiger partial charge is 0.358 e. The Kier molecular flexibility index (Phi) is 7.49. The van der Waals surface area contributed by atoms with Crippen molar-refractivity contribution < 1.29 is 17.1 Å². The molecular formula is C7H12Fe. The Hall–Kier alpha value is 0.259. The van der Waals surface area contributed by atoms with E-state index in [0.717, 1.165) is 0 Å². The van der Waals surface area contributed by atoms with Gasteiger partial charge < -0.3 is 13.3 Å². The Morgan fingerprint density at radius 2 is 1.62 bits per heavy atom. The van der Waals surface area contributed by atoms with E-state index in [4.69, 9.17) is 0 Å². The molecule has 0 nitrogen and oxygen atoms in total. The SMILES string of the molecule is C[C-]1CC=CC1.[CH3-].[Fe+2]. The van der Waals surface area contributed by atoms with Gasteiger partial charge in [-0.25, -0.2) is 0 Å². The molecule has 0 bridgehead atoms. The molecule has 0 aliphatic heterocycles. The monoisotopic (exact) mass is 152 g/mol. The van der Waals surface area contributed by atoms with Gasteiger partial charge in [0.15, 0.2) is 0 Å². The van der Waals surface area contributed by atoms with Crippen LogP contribution in [0.5, 0.6) is 0 Å². The first-order chi connectivity index (χ1) is 2.89. The quantitative estimate of drug-likeness (QED) is 0.284. The maximum Gasteiger partial charge on any atom is 2.00 e. The molecule has 0 aromatic heterocycles. The maximum absolute atomic E-state index is 2.22. The zero-order chi connectivity index (χ0) is 4.41. The fourth-order valence-corrected chi connectivity index (χ4v) is 0.652. The first-order valence-corrected chi connectivity index (χ1v) is 2.36. The fourth-order valence-electron chi connectivity index (χ4n) is 0.652. The second-order valence-electron chi connectivity index (χ2n) is 1.84. The second kappa shape index (κ2) is 5.40. The summed E-state index contributed by atoms with van der Waals surface area (Å²) >= 11 is 0. The van der Waals surface area contributed by atoms with Crippen LogP contribution in [0.25, 0.3) is 0 Å². The summed E-state index contributed by atoms with van der Waals surface area (Å²) in [4.78, 5) is 0. The summed E-state index contributed by atoms with van der Waals surface area (Å²) in [5.41, 5.74) is 0. The van der Waals surface area contributed by atoms with Gasteiger partial charge in [-0.1, -0.05) is 0 Å². The Morgan fingerprint density at radius 1 is 1.25 bits per heavy atom. The minimum absolute atomic E-state index is 0. The largest absolute Gasteiger partial charge is 2.00 e. The van der Waals surface area contributed by atoms with Gasteiger partial charge >= 0.3 is 17.1 Å². The van der Waals surface area contributed by atoms with Crippen LogP contribution in [0.4, 0.5) is 0 Å². The average molecular weight is 152 g/mol. The molecule has 0 unspecified atom stereocenters. The maximum atomic E-state index is 2.22. The van der Waals surface area contributed by atoms with E-state index in [1.165, 1.54) is 12.8 Å². The summed E-state index contributed by atoms with van der Waals surface area (Å²) in [5.74, 6) is 1.59. The molecule has 0 radical (unpaired) electrons. The second-order valence-corrected chi connectivity index (χ2v) is 1.84. The van der Waals surface area contributed by atoms with Gasteiger partial charge in [0.2, 0.25) is 0 Å². The third-order valence-corrected chi connectivity index (χ3v) is 1.10. The molecule has 0 fully saturated rings. The van der Waals surface area contributed by atoms with Gasteiger partial charge in [-0.2, -0.15) is 19.8 Å². The van der Waals surface area contributed by atoms with Crippen LogP contribution in [-0.4, -0.2) is 0 Å². The predicted octanol–water partition coefficient (Wildman–Crippen LogP) is 2.38. The molecule has 0 spiro atoms. The van der Waals surface area contributed by atoms with E-state index in [1.54, 1.807) is 5.92 Å². The average Bonchev–Trinajstić information content (AvgIpc) is 1.86. The molecule has 1 rings (SSSR count). The topological polar surface area (TPSA) is 0 Å². The predicted molar refractivity (Wildman–Crippen MR) is 33.7 cm³/mol. The van der Waals surface area contributed by atoms with Crippen molar-refractivity contribution in [1.82, 2.24) is 0 Å². The number of rotatable bonds is 0. The Bertz CT molecular complexity index is 58.8. The fraction of sp³-hybridized carbons (Fsp3) is 0.429. The Morgan fingerprint density at radius 3 is 1.75 bits per heavy atom.